The molecule has 23 heavy (non-hydrogen) atoms. The van der Waals surface area contributed by atoms with Crippen LogP contribution >= 0.6 is 0 Å². The van der Waals surface area contributed by atoms with Gasteiger partial charge >= 0.3 is 0 Å². The molecule has 0 spiro atoms. The molecule has 1 aromatic carbocycles. The fraction of sp³-hybridized carbons (Fsp3) is 0.500. The maximum atomic E-state index is 11.5. The number of hydrogen-bond donors (Lipinski definition) is 0. The molecule has 3 rings (SSSR count). The number of nitrogens with zero attached hydrogens (tertiary/aromatic N) is 4. The molecular formula is C16H22N4O2S. The summed E-state index contributed by atoms with van der Waals surface area (Å²) in [5.41, 5.74) is 1.16. The Balaban J connectivity index is 1.50. The van der Waals surface area contributed by atoms with Crippen LogP contribution in [0.1, 0.15) is 18.4 Å². The lowest BCUT2D eigenvalue weighted by atomic mass is 9.96. The second-order valence-electron chi connectivity index (χ2n) is 6.26. The Morgan fingerprint density at radius 2 is 1.87 bits per heavy atom. The third kappa shape index (κ3) is 4.39. The van der Waals surface area contributed by atoms with Gasteiger partial charge in [-0.1, -0.05) is 17.3 Å². The minimum absolute atomic E-state index is 0.382. The highest BCUT2D eigenvalue weighted by Gasteiger charge is 2.20. The lowest BCUT2D eigenvalue weighted by Crippen LogP contribution is -2.34. The first-order valence-electron chi connectivity index (χ1n) is 7.86. The van der Waals surface area contributed by atoms with Crippen LogP contribution in [0, 0.1) is 5.92 Å². The van der Waals surface area contributed by atoms with Crippen LogP contribution < -0.4 is 0 Å². The van der Waals surface area contributed by atoms with Gasteiger partial charge < -0.3 is 0 Å². The third-order valence-corrected chi connectivity index (χ3v) is 5.51. The van der Waals surface area contributed by atoms with Gasteiger partial charge in [-0.25, -0.2) is 8.42 Å². The van der Waals surface area contributed by atoms with Crippen LogP contribution in [-0.2, 0) is 22.9 Å². The van der Waals surface area contributed by atoms with Crippen molar-refractivity contribution >= 4 is 9.84 Å². The lowest BCUT2D eigenvalue weighted by molar-refractivity contribution is 0.164. The summed E-state index contributed by atoms with van der Waals surface area (Å²) in [6.07, 6.45) is 7.18. The highest BCUT2D eigenvalue weighted by atomic mass is 32.2. The molecule has 0 N–H and O–H groups in total. The molecule has 1 aromatic heterocycles. The van der Waals surface area contributed by atoms with Gasteiger partial charge in [0.15, 0.2) is 9.84 Å². The van der Waals surface area contributed by atoms with Crippen molar-refractivity contribution < 1.29 is 8.42 Å². The molecule has 7 heteroatoms. The van der Waals surface area contributed by atoms with Gasteiger partial charge in [0, 0.05) is 25.5 Å². The molecule has 2 aromatic rings. The number of piperidine rings is 1. The van der Waals surface area contributed by atoms with E-state index in [4.69, 9.17) is 0 Å². The zero-order valence-corrected chi connectivity index (χ0v) is 14.1. The maximum Gasteiger partial charge on any atom is 0.175 e. The molecule has 124 valence electrons. The van der Waals surface area contributed by atoms with E-state index in [1.165, 1.54) is 6.26 Å². The highest BCUT2D eigenvalue weighted by Crippen LogP contribution is 2.21. The molecule has 6 nitrogen and oxygen atoms in total. The molecule has 0 amide bonds. The summed E-state index contributed by atoms with van der Waals surface area (Å²) in [5.74, 6) is 0.653. The predicted octanol–water partition coefficient (Wildman–Crippen LogP) is 1.59. The van der Waals surface area contributed by atoms with Gasteiger partial charge in [-0.15, -0.1) is 5.10 Å². The molecule has 0 atom stereocenters. The van der Waals surface area contributed by atoms with Crippen LogP contribution in [-0.4, -0.2) is 47.7 Å². The van der Waals surface area contributed by atoms with Gasteiger partial charge in [-0.05, 0) is 49.5 Å². The Morgan fingerprint density at radius 1 is 1.17 bits per heavy atom. The Labute approximate surface area is 137 Å². The molecule has 1 aliphatic rings. The van der Waals surface area contributed by atoms with E-state index in [9.17, 15) is 8.42 Å². The molecular weight excluding hydrogens is 312 g/mol. The van der Waals surface area contributed by atoms with Crippen molar-refractivity contribution in [3.8, 4) is 0 Å². The average Bonchev–Trinajstić information content (AvgIpc) is 3.02. The fourth-order valence-electron chi connectivity index (χ4n) is 3.02. The minimum Gasteiger partial charge on any atom is -0.299 e. The lowest BCUT2D eigenvalue weighted by Gasteiger charge is -2.31. The van der Waals surface area contributed by atoms with Gasteiger partial charge in [0.25, 0.3) is 0 Å². The Morgan fingerprint density at radius 3 is 2.43 bits per heavy atom. The van der Waals surface area contributed by atoms with Crippen molar-refractivity contribution in [3.05, 3.63) is 42.2 Å². The zero-order valence-electron chi connectivity index (χ0n) is 13.3. The second-order valence-corrected chi connectivity index (χ2v) is 8.28. The SMILES string of the molecule is CS(=O)(=O)c1ccc(CN2CCC(Cn3ccnn3)CC2)cc1. The summed E-state index contributed by atoms with van der Waals surface area (Å²) >= 11 is 0. The van der Waals surface area contributed by atoms with Gasteiger partial charge in [-0.2, -0.15) is 0 Å². The molecule has 1 fully saturated rings. The van der Waals surface area contributed by atoms with Crippen molar-refractivity contribution in [2.24, 2.45) is 5.92 Å². The van der Waals surface area contributed by atoms with E-state index in [1.807, 2.05) is 23.0 Å². The van der Waals surface area contributed by atoms with Crippen molar-refractivity contribution in [1.82, 2.24) is 19.9 Å². The predicted molar refractivity (Wildman–Crippen MR) is 87.6 cm³/mol. The number of benzene rings is 1. The van der Waals surface area contributed by atoms with E-state index in [2.05, 4.69) is 15.2 Å². The monoisotopic (exact) mass is 334 g/mol. The van der Waals surface area contributed by atoms with Gasteiger partial charge in [0.1, 0.15) is 0 Å². The van der Waals surface area contributed by atoms with Crippen LogP contribution in [0.3, 0.4) is 0 Å². The van der Waals surface area contributed by atoms with Crippen molar-refractivity contribution in [2.45, 2.75) is 30.8 Å². The van der Waals surface area contributed by atoms with Crippen LogP contribution in [0.2, 0.25) is 0 Å². The first kappa shape index (κ1) is 16.1. The molecule has 1 aliphatic heterocycles. The maximum absolute atomic E-state index is 11.5. The minimum atomic E-state index is -3.11. The highest BCUT2D eigenvalue weighted by molar-refractivity contribution is 7.90. The smallest absolute Gasteiger partial charge is 0.175 e. The summed E-state index contributed by atoms with van der Waals surface area (Å²) in [6.45, 7) is 3.94. The van der Waals surface area contributed by atoms with Crippen molar-refractivity contribution in [1.29, 1.82) is 0 Å². The molecule has 0 bridgehead atoms. The Hall–Kier alpha value is -1.73. The number of rotatable bonds is 5. The van der Waals surface area contributed by atoms with E-state index in [0.717, 1.165) is 44.6 Å². The molecule has 0 aliphatic carbocycles. The molecule has 0 saturated carbocycles. The van der Waals surface area contributed by atoms with Gasteiger partial charge in [-0.3, -0.25) is 9.58 Å². The standard InChI is InChI=1S/C16H22N4O2S/c1-23(21,22)16-4-2-14(3-5-16)12-19-9-6-15(7-10-19)13-20-11-8-17-18-20/h2-5,8,11,15H,6-7,9-10,12-13H2,1H3. The first-order chi connectivity index (χ1) is 11.0. The quantitative estimate of drug-likeness (QED) is 0.831. The van der Waals surface area contributed by atoms with Crippen LogP contribution in [0.25, 0.3) is 0 Å². The Kier molecular flexibility index (Phi) is 4.77. The van der Waals surface area contributed by atoms with Crippen LogP contribution in [0.5, 0.6) is 0 Å². The van der Waals surface area contributed by atoms with E-state index in [1.54, 1.807) is 18.3 Å². The number of aromatic nitrogens is 3. The number of sulfone groups is 1. The van der Waals surface area contributed by atoms with E-state index in [0.29, 0.717) is 10.8 Å². The normalized spacial score (nSPS) is 17.4. The van der Waals surface area contributed by atoms with Gasteiger partial charge in [0.2, 0.25) is 0 Å². The van der Waals surface area contributed by atoms with Crippen LogP contribution in [0.15, 0.2) is 41.6 Å². The summed E-state index contributed by atoms with van der Waals surface area (Å²) in [5, 5.41) is 7.87. The zero-order chi connectivity index (χ0) is 16.3. The van der Waals surface area contributed by atoms with E-state index >= 15 is 0 Å². The Bertz CT molecular complexity index is 718. The molecule has 0 radical (unpaired) electrons. The summed E-state index contributed by atoms with van der Waals surface area (Å²) < 4.78 is 24.9. The summed E-state index contributed by atoms with van der Waals surface area (Å²) in [4.78, 5) is 2.81. The molecule has 0 unspecified atom stereocenters. The van der Waals surface area contributed by atoms with Crippen LogP contribution in [0.4, 0.5) is 0 Å². The van der Waals surface area contributed by atoms with Crippen molar-refractivity contribution in [2.75, 3.05) is 19.3 Å². The number of hydrogen-bond acceptors (Lipinski definition) is 5. The summed E-state index contributed by atoms with van der Waals surface area (Å²) in [6, 6.07) is 7.22. The first-order valence-corrected chi connectivity index (χ1v) is 9.75. The molecule has 2 heterocycles. The number of likely N-dealkylation sites (tertiary alicyclic amines) is 1. The largest absolute Gasteiger partial charge is 0.299 e. The van der Waals surface area contributed by atoms with Gasteiger partial charge in [0.05, 0.1) is 11.1 Å². The van der Waals surface area contributed by atoms with E-state index < -0.39 is 9.84 Å². The molecule has 1 saturated heterocycles. The topological polar surface area (TPSA) is 68.1 Å². The average molecular weight is 334 g/mol. The fourth-order valence-corrected chi connectivity index (χ4v) is 3.65. The second kappa shape index (κ2) is 6.80. The van der Waals surface area contributed by atoms with E-state index in [-0.39, 0.29) is 0 Å². The third-order valence-electron chi connectivity index (χ3n) is 4.38. The summed E-state index contributed by atoms with van der Waals surface area (Å²) in [7, 11) is -3.11. The van der Waals surface area contributed by atoms with Crippen molar-refractivity contribution in [3.63, 3.8) is 0 Å².